The number of likely N-dealkylation sites (tertiary alicyclic amines) is 1. The summed E-state index contributed by atoms with van der Waals surface area (Å²) >= 11 is 4.24. The maximum atomic E-state index is 12.8. The highest BCUT2D eigenvalue weighted by atomic mass is 32.1. The van der Waals surface area contributed by atoms with E-state index in [0.717, 1.165) is 12.3 Å². The lowest BCUT2D eigenvalue weighted by Crippen LogP contribution is -2.44. The Balaban J connectivity index is 2.48. The second kappa shape index (κ2) is 3.31. The van der Waals surface area contributed by atoms with E-state index >= 15 is 0 Å². The maximum absolute atomic E-state index is 12.8. The summed E-state index contributed by atoms with van der Waals surface area (Å²) in [6.07, 6.45) is 0.0752. The molecule has 0 radical (unpaired) electrons. The first-order valence-corrected chi connectivity index (χ1v) is 4.69. The highest BCUT2D eigenvalue weighted by molar-refractivity contribution is 7.80. The molecular weight excluding hydrogens is 161 g/mol. The molecule has 3 heteroatoms. The molecule has 0 N–H and O–H groups in total. The third-order valence-corrected chi connectivity index (χ3v) is 3.15. The van der Waals surface area contributed by atoms with Crippen LogP contribution in [-0.4, -0.2) is 35.5 Å². The van der Waals surface area contributed by atoms with Crippen LogP contribution in [0.2, 0.25) is 0 Å². The van der Waals surface area contributed by atoms with E-state index in [1.807, 2.05) is 0 Å². The third-order valence-electron chi connectivity index (χ3n) is 2.37. The molecular formula is C8H16FNS. The quantitative estimate of drug-likeness (QED) is 0.629. The van der Waals surface area contributed by atoms with Gasteiger partial charge in [-0.3, -0.25) is 4.90 Å². The van der Waals surface area contributed by atoms with E-state index < -0.39 is 6.17 Å². The standard InChI is InChI=1S/C8H16FNS/c1-8(2,6-11)10-4-3-7(9)5-10/h7,11H,3-6H2,1-2H3. The molecule has 0 aliphatic carbocycles. The number of nitrogens with zero attached hydrogens (tertiary/aromatic N) is 1. The number of hydrogen-bond donors (Lipinski definition) is 1. The Hall–Kier alpha value is 0.240. The van der Waals surface area contributed by atoms with Crippen molar-refractivity contribution in [3.63, 3.8) is 0 Å². The van der Waals surface area contributed by atoms with E-state index in [0.29, 0.717) is 13.0 Å². The Morgan fingerprint density at radius 2 is 2.27 bits per heavy atom. The van der Waals surface area contributed by atoms with Crippen LogP contribution in [0, 0.1) is 0 Å². The summed E-state index contributed by atoms with van der Waals surface area (Å²) in [5.41, 5.74) is 0.0595. The van der Waals surface area contributed by atoms with Gasteiger partial charge in [-0.1, -0.05) is 0 Å². The SMILES string of the molecule is CC(C)(CS)N1CCC(F)C1. The van der Waals surface area contributed by atoms with Crippen LogP contribution in [-0.2, 0) is 0 Å². The van der Waals surface area contributed by atoms with Crippen molar-refractivity contribution in [3.05, 3.63) is 0 Å². The summed E-state index contributed by atoms with van der Waals surface area (Å²) in [5, 5.41) is 0. The van der Waals surface area contributed by atoms with Crippen LogP contribution in [0.1, 0.15) is 20.3 Å². The van der Waals surface area contributed by atoms with Crippen LogP contribution < -0.4 is 0 Å². The van der Waals surface area contributed by atoms with Crippen molar-refractivity contribution < 1.29 is 4.39 Å². The number of thiol groups is 1. The van der Waals surface area contributed by atoms with Gasteiger partial charge in [0.2, 0.25) is 0 Å². The molecule has 1 heterocycles. The van der Waals surface area contributed by atoms with Gasteiger partial charge in [0.25, 0.3) is 0 Å². The first kappa shape index (κ1) is 9.33. The minimum Gasteiger partial charge on any atom is -0.294 e. The molecule has 0 saturated carbocycles. The zero-order valence-electron chi connectivity index (χ0n) is 7.18. The zero-order chi connectivity index (χ0) is 8.48. The van der Waals surface area contributed by atoms with Gasteiger partial charge in [0, 0.05) is 24.4 Å². The predicted octanol–water partition coefficient (Wildman–Crippen LogP) is 1.74. The van der Waals surface area contributed by atoms with E-state index in [9.17, 15) is 4.39 Å². The van der Waals surface area contributed by atoms with E-state index in [1.54, 1.807) is 0 Å². The van der Waals surface area contributed by atoms with Crippen LogP contribution in [0.25, 0.3) is 0 Å². The lowest BCUT2D eigenvalue weighted by atomic mass is 10.1. The van der Waals surface area contributed by atoms with E-state index in [1.165, 1.54) is 0 Å². The average molecular weight is 177 g/mol. The van der Waals surface area contributed by atoms with Crippen molar-refractivity contribution in [1.82, 2.24) is 4.90 Å². The predicted molar refractivity (Wildman–Crippen MR) is 49.0 cm³/mol. The molecule has 1 saturated heterocycles. The molecule has 0 amide bonds. The number of hydrogen-bond acceptors (Lipinski definition) is 2. The second-order valence-electron chi connectivity index (χ2n) is 3.80. The summed E-state index contributed by atoms with van der Waals surface area (Å²) < 4.78 is 12.8. The molecule has 66 valence electrons. The molecule has 0 aromatic carbocycles. The van der Waals surface area contributed by atoms with E-state index in [-0.39, 0.29) is 5.54 Å². The molecule has 1 nitrogen and oxygen atoms in total. The van der Waals surface area contributed by atoms with Crippen LogP contribution in [0.4, 0.5) is 4.39 Å². The van der Waals surface area contributed by atoms with E-state index in [4.69, 9.17) is 0 Å². The van der Waals surface area contributed by atoms with Crippen LogP contribution in [0.3, 0.4) is 0 Å². The summed E-state index contributed by atoms with van der Waals surface area (Å²) in [5.74, 6) is 0.791. The van der Waals surface area contributed by atoms with Crippen LogP contribution >= 0.6 is 12.6 Å². The van der Waals surface area contributed by atoms with Crippen molar-refractivity contribution in [2.45, 2.75) is 32.0 Å². The molecule has 1 aliphatic rings. The molecule has 0 aromatic rings. The molecule has 0 bridgehead atoms. The van der Waals surface area contributed by atoms with Crippen molar-refractivity contribution in [2.24, 2.45) is 0 Å². The smallest absolute Gasteiger partial charge is 0.114 e. The molecule has 1 fully saturated rings. The largest absolute Gasteiger partial charge is 0.294 e. The van der Waals surface area contributed by atoms with Gasteiger partial charge < -0.3 is 0 Å². The third kappa shape index (κ3) is 2.09. The maximum Gasteiger partial charge on any atom is 0.114 e. The Morgan fingerprint density at radius 3 is 2.64 bits per heavy atom. The number of alkyl halides is 1. The van der Waals surface area contributed by atoms with Gasteiger partial charge in [-0.2, -0.15) is 12.6 Å². The zero-order valence-corrected chi connectivity index (χ0v) is 8.07. The second-order valence-corrected chi connectivity index (χ2v) is 4.12. The summed E-state index contributed by atoms with van der Waals surface area (Å²) in [6.45, 7) is 5.69. The molecule has 1 atom stereocenters. The molecule has 0 spiro atoms. The Kier molecular flexibility index (Phi) is 2.81. The minimum atomic E-state index is -0.617. The topological polar surface area (TPSA) is 3.24 Å². The molecule has 11 heavy (non-hydrogen) atoms. The highest BCUT2D eigenvalue weighted by Crippen LogP contribution is 2.23. The van der Waals surface area contributed by atoms with Crippen LogP contribution in [0.15, 0.2) is 0 Å². The van der Waals surface area contributed by atoms with Gasteiger partial charge in [-0.05, 0) is 20.3 Å². The monoisotopic (exact) mass is 177 g/mol. The molecule has 1 rings (SSSR count). The van der Waals surface area contributed by atoms with Gasteiger partial charge in [0.1, 0.15) is 6.17 Å². The van der Waals surface area contributed by atoms with Crippen molar-refractivity contribution >= 4 is 12.6 Å². The van der Waals surface area contributed by atoms with E-state index in [2.05, 4.69) is 31.4 Å². The average Bonchev–Trinajstić information content (AvgIpc) is 2.36. The number of halogens is 1. The Morgan fingerprint density at radius 1 is 1.64 bits per heavy atom. The number of rotatable bonds is 2. The van der Waals surface area contributed by atoms with Crippen molar-refractivity contribution in [3.8, 4) is 0 Å². The normalized spacial score (nSPS) is 27.8. The lowest BCUT2D eigenvalue weighted by Gasteiger charge is -2.33. The first-order valence-electron chi connectivity index (χ1n) is 4.06. The highest BCUT2D eigenvalue weighted by Gasteiger charge is 2.32. The van der Waals surface area contributed by atoms with Gasteiger partial charge in [0.05, 0.1) is 0 Å². The fourth-order valence-electron chi connectivity index (χ4n) is 1.37. The Bertz CT molecular complexity index is 138. The van der Waals surface area contributed by atoms with Gasteiger partial charge in [-0.25, -0.2) is 4.39 Å². The van der Waals surface area contributed by atoms with Crippen molar-refractivity contribution in [1.29, 1.82) is 0 Å². The fourth-order valence-corrected chi connectivity index (χ4v) is 1.57. The summed E-state index contributed by atoms with van der Waals surface area (Å²) in [7, 11) is 0. The van der Waals surface area contributed by atoms with Gasteiger partial charge >= 0.3 is 0 Å². The fraction of sp³-hybridized carbons (Fsp3) is 1.00. The minimum absolute atomic E-state index is 0.0595. The lowest BCUT2D eigenvalue weighted by molar-refractivity contribution is 0.166. The van der Waals surface area contributed by atoms with Crippen LogP contribution in [0.5, 0.6) is 0 Å². The van der Waals surface area contributed by atoms with Gasteiger partial charge in [-0.15, -0.1) is 0 Å². The molecule has 1 unspecified atom stereocenters. The molecule has 1 aliphatic heterocycles. The summed E-state index contributed by atoms with van der Waals surface area (Å²) in [4.78, 5) is 2.17. The van der Waals surface area contributed by atoms with Gasteiger partial charge in [0.15, 0.2) is 0 Å². The first-order chi connectivity index (χ1) is 5.06. The summed E-state index contributed by atoms with van der Waals surface area (Å²) in [6, 6.07) is 0. The molecule has 0 aromatic heterocycles. The Labute approximate surface area is 73.4 Å². The van der Waals surface area contributed by atoms with Crippen molar-refractivity contribution in [2.75, 3.05) is 18.8 Å².